The molecule has 2 heteroatoms. The van der Waals surface area contributed by atoms with Crippen molar-refractivity contribution in [2.45, 2.75) is 19.9 Å². The van der Waals surface area contributed by atoms with Crippen LogP contribution in [-0.2, 0) is 0 Å². The predicted octanol–water partition coefficient (Wildman–Crippen LogP) is 1.83. The Balaban J connectivity index is 3.10. The third kappa shape index (κ3) is 1.84. The van der Waals surface area contributed by atoms with Gasteiger partial charge in [-0.05, 0) is 19.4 Å². The highest BCUT2D eigenvalue weighted by molar-refractivity contribution is 5.32. The Morgan fingerprint density at radius 1 is 1.25 bits per heavy atom. The van der Waals surface area contributed by atoms with E-state index in [4.69, 9.17) is 11.0 Å². The van der Waals surface area contributed by atoms with Crippen LogP contribution in [0.15, 0.2) is 18.2 Å². The Morgan fingerprint density at radius 3 is 2.17 bits per heavy atom. The molecule has 2 nitrogen and oxygen atoms in total. The summed E-state index contributed by atoms with van der Waals surface area (Å²) in [6, 6.07) is 7.47. The lowest BCUT2D eigenvalue weighted by molar-refractivity contribution is 0.921. The number of rotatable bonds is 1. The van der Waals surface area contributed by atoms with Crippen LogP contribution in [-0.4, -0.2) is 0 Å². The van der Waals surface area contributed by atoms with Crippen LogP contribution >= 0.6 is 0 Å². The first-order chi connectivity index (χ1) is 5.63. The first-order valence-corrected chi connectivity index (χ1v) is 3.87. The molecule has 0 aliphatic rings. The van der Waals surface area contributed by atoms with Gasteiger partial charge in [0.15, 0.2) is 0 Å². The minimum Gasteiger partial charge on any atom is -0.312 e. The van der Waals surface area contributed by atoms with Gasteiger partial charge in [0.25, 0.3) is 0 Å². The molecule has 1 rings (SSSR count). The summed E-state index contributed by atoms with van der Waals surface area (Å²) in [6.07, 6.45) is 0. The van der Waals surface area contributed by atoms with Crippen LogP contribution in [0.25, 0.3) is 0 Å². The van der Waals surface area contributed by atoms with Gasteiger partial charge in [-0.3, -0.25) is 0 Å². The summed E-state index contributed by atoms with van der Waals surface area (Å²) in [5.41, 5.74) is 8.77. The molecule has 1 aromatic carbocycles. The lowest BCUT2D eigenvalue weighted by Crippen LogP contribution is -2.07. The van der Waals surface area contributed by atoms with Crippen molar-refractivity contribution in [2.75, 3.05) is 0 Å². The van der Waals surface area contributed by atoms with Gasteiger partial charge in [0.1, 0.15) is 6.04 Å². The molecule has 1 aromatic rings. The number of nitriles is 1. The molecule has 62 valence electrons. The van der Waals surface area contributed by atoms with Gasteiger partial charge >= 0.3 is 0 Å². The normalized spacial score (nSPS) is 12.2. The van der Waals surface area contributed by atoms with E-state index in [0.29, 0.717) is 0 Å². The molecule has 0 aliphatic carbocycles. The molecule has 0 amide bonds. The van der Waals surface area contributed by atoms with Gasteiger partial charge in [0.05, 0.1) is 6.07 Å². The molecule has 12 heavy (non-hydrogen) atoms. The molecule has 0 saturated heterocycles. The van der Waals surface area contributed by atoms with E-state index < -0.39 is 6.04 Å². The number of hydrogen-bond acceptors (Lipinski definition) is 2. The van der Waals surface area contributed by atoms with E-state index in [2.05, 4.69) is 6.07 Å². The second kappa shape index (κ2) is 3.38. The molecule has 0 aromatic heterocycles. The lowest BCUT2D eigenvalue weighted by Gasteiger charge is -2.05. The lowest BCUT2D eigenvalue weighted by atomic mass is 10.0. The van der Waals surface area contributed by atoms with E-state index in [1.165, 1.54) is 0 Å². The molecular weight excluding hydrogens is 148 g/mol. The summed E-state index contributed by atoms with van der Waals surface area (Å²) in [5.74, 6) is 0. The van der Waals surface area contributed by atoms with Crippen LogP contribution in [0.4, 0.5) is 0 Å². The number of nitrogens with zero attached hydrogens (tertiary/aromatic N) is 1. The highest BCUT2D eigenvalue weighted by Crippen LogP contribution is 2.13. The van der Waals surface area contributed by atoms with Crippen LogP contribution in [0.1, 0.15) is 22.7 Å². The summed E-state index contributed by atoms with van der Waals surface area (Å²) < 4.78 is 0. The maximum Gasteiger partial charge on any atom is 0.118 e. The Labute approximate surface area is 72.6 Å². The predicted molar refractivity (Wildman–Crippen MR) is 48.5 cm³/mol. The number of benzene rings is 1. The zero-order valence-electron chi connectivity index (χ0n) is 7.33. The van der Waals surface area contributed by atoms with Gasteiger partial charge < -0.3 is 5.73 Å². The molecule has 0 spiro atoms. The summed E-state index contributed by atoms with van der Waals surface area (Å²) in [7, 11) is 0. The molecule has 0 saturated carbocycles. The second-order valence-corrected chi connectivity index (χ2v) is 3.03. The van der Waals surface area contributed by atoms with Crippen LogP contribution in [0.5, 0.6) is 0 Å². The fourth-order valence-corrected chi connectivity index (χ4v) is 1.26. The Kier molecular flexibility index (Phi) is 2.47. The van der Waals surface area contributed by atoms with E-state index in [1.54, 1.807) is 0 Å². The first kappa shape index (κ1) is 8.76. The summed E-state index contributed by atoms with van der Waals surface area (Å²) in [5, 5.41) is 8.59. The van der Waals surface area contributed by atoms with Crippen molar-refractivity contribution in [2.24, 2.45) is 5.73 Å². The zero-order valence-corrected chi connectivity index (χ0v) is 7.33. The third-order valence-electron chi connectivity index (χ3n) is 1.74. The van der Waals surface area contributed by atoms with Crippen LogP contribution < -0.4 is 5.73 Å². The van der Waals surface area contributed by atoms with Crippen molar-refractivity contribution in [1.82, 2.24) is 0 Å². The van der Waals surface area contributed by atoms with E-state index in [1.807, 2.05) is 32.0 Å². The van der Waals surface area contributed by atoms with Gasteiger partial charge in [-0.15, -0.1) is 0 Å². The average Bonchev–Trinajstić information content (AvgIpc) is 2.01. The van der Waals surface area contributed by atoms with E-state index in [9.17, 15) is 0 Å². The Hall–Kier alpha value is -1.33. The van der Waals surface area contributed by atoms with E-state index >= 15 is 0 Å². The van der Waals surface area contributed by atoms with Gasteiger partial charge in [0.2, 0.25) is 0 Å². The van der Waals surface area contributed by atoms with Gasteiger partial charge in [0, 0.05) is 0 Å². The van der Waals surface area contributed by atoms with Crippen LogP contribution in [0, 0.1) is 25.2 Å². The maximum absolute atomic E-state index is 8.59. The molecule has 1 atom stereocenters. The molecule has 0 aliphatic heterocycles. The van der Waals surface area contributed by atoms with Crippen molar-refractivity contribution >= 4 is 0 Å². The van der Waals surface area contributed by atoms with E-state index in [-0.39, 0.29) is 0 Å². The van der Waals surface area contributed by atoms with Gasteiger partial charge in [-0.25, -0.2) is 0 Å². The minimum atomic E-state index is -0.497. The largest absolute Gasteiger partial charge is 0.312 e. The van der Waals surface area contributed by atoms with Crippen molar-refractivity contribution in [1.29, 1.82) is 5.26 Å². The summed E-state index contributed by atoms with van der Waals surface area (Å²) in [4.78, 5) is 0. The molecule has 0 heterocycles. The monoisotopic (exact) mass is 160 g/mol. The zero-order chi connectivity index (χ0) is 9.14. The highest BCUT2D eigenvalue weighted by atomic mass is 14.6. The fourth-order valence-electron chi connectivity index (χ4n) is 1.26. The molecule has 1 unspecified atom stereocenters. The topological polar surface area (TPSA) is 49.8 Å². The quantitative estimate of drug-likeness (QED) is 0.681. The fraction of sp³-hybridized carbons (Fsp3) is 0.300. The SMILES string of the molecule is Cc1cc(C)cc(C(N)C#N)c1. The van der Waals surface area contributed by atoms with Gasteiger partial charge in [-0.1, -0.05) is 29.3 Å². The van der Waals surface area contributed by atoms with E-state index in [0.717, 1.165) is 16.7 Å². The van der Waals surface area contributed by atoms with Crippen LogP contribution in [0.2, 0.25) is 0 Å². The van der Waals surface area contributed by atoms with Crippen molar-refractivity contribution < 1.29 is 0 Å². The molecule has 0 fully saturated rings. The van der Waals surface area contributed by atoms with Crippen LogP contribution in [0.3, 0.4) is 0 Å². The third-order valence-corrected chi connectivity index (χ3v) is 1.74. The Bertz CT molecular complexity index is 303. The molecule has 0 radical (unpaired) electrons. The van der Waals surface area contributed by atoms with Crippen molar-refractivity contribution in [3.63, 3.8) is 0 Å². The number of hydrogen-bond donors (Lipinski definition) is 1. The van der Waals surface area contributed by atoms with Crippen molar-refractivity contribution in [3.05, 3.63) is 34.9 Å². The minimum absolute atomic E-state index is 0.497. The van der Waals surface area contributed by atoms with Crippen molar-refractivity contribution in [3.8, 4) is 6.07 Å². The smallest absolute Gasteiger partial charge is 0.118 e. The van der Waals surface area contributed by atoms with Gasteiger partial charge in [-0.2, -0.15) is 5.26 Å². The Morgan fingerprint density at radius 2 is 1.75 bits per heavy atom. The second-order valence-electron chi connectivity index (χ2n) is 3.03. The highest BCUT2D eigenvalue weighted by Gasteiger charge is 2.03. The first-order valence-electron chi connectivity index (χ1n) is 3.87. The number of aryl methyl sites for hydroxylation is 2. The standard InChI is InChI=1S/C10H12N2/c1-7-3-8(2)5-9(4-7)10(12)6-11/h3-5,10H,12H2,1-2H3. The maximum atomic E-state index is 8.59. The number of nitrogens with two attached hydrogens (primary N) is 1. The molecular formula is C10H12N2. The molecule has 2 N–H and O–H groups in total. The average molecular weight is 160 g/mol. The summed E-state index contributed by atoms with van der Waals surface area (Å²) in [6.45, 7) is 4.00. The summed E-state index contributed by atoms with van der Waals surface area (Å²) >= 11 is 0. The molecule has 0 bridgehead atoms.